The van der Waals surface area contributed by atoms with Crippen LogP contribution in [-0.4, -0.2) is 254 Å². The highest BCUT2D eigenvalue weighted by molar-refractivity contribution is 6.01. The number of amides is 14. The van der Waals surface area contributed by atoms with Crippen LogP contribution in [-0.2, 0) is 87.9 Å². The maximum absolute atomic E-state index is 14.5. The molecule has 1 aromatic carbocycles. The Hall–Kier alpha value is -9.95. The first kappa shape index (κ1) is 91.3. The molecule has 1 aromatic rings. The molecular formula is C69H111N17O21. The molecule has 2 saturated heterocycles. The van der Waals surface area contributed by atoms with Gasteiger partial charge in [-0.1, -0.05) is 58.0 Å². The zero-order valence-corrected chi connectivity index (χ0v) is 62.2. The normalized spacial score (nSPS) is 17.7. The largest absolute Gasteiger partial charge is 0.481 e. The molecule has 3 rings (SSSR count). The number of rotatable bonds is 46. The number of aliphatic hydroxyl groups excluding tert-OH is 1. The number of likely N-dealkylation sites (tertiary alicyclic amines) is 2. The van der Waals surface area contributed by atoms with E-state index in [9.17, 15) is 102 Å². The highest BCUT2D eigenvalue weighted by Gasteiger charge is 2.45. The number of nitrogens with one attached hydrogen (secondary N) is 12. The molecule has 2 aliphatic rings. The standard InChI is InChI=1S/C69H111N17O21/c1-35(2)31-47(81-59(96)43(72)34-87)62(99)75-39(7)56(93)78-44(21-13-15-27-70)61(98)82-48(32-42-19-11-10-12-20-42)64(101)83-49(33-53(90)91)63(100)77-41(9)67(104)86-30-18-24-51(86)68(105)85-29-17-23-50(85)65(102)79-45(25-26-52(88)89)60(97)74-40(8)58(95)84-54(36(3)4)66(103)76-37(5)55(92)73-38(6)57(94)80-46(69(106)107)22-14-16-28-71/h10-12,19-20,35-41,43-51,54,87H,13-18,21-34,70-72H2,1-9H3,(H,73,92)(H,74,97)(H,75,99)(H,76,103)(H,77,100)(H,78,93)(H,79,102)(H,80,94)(H,81,96)(H,82,98)(H,83,101)(H,84,95)(H,88,89)(H,90,91)(H,106,107)/t37-,38-,39-,40-,41-,43-,44-,45-,46-,47-,48-,49-,50-,51-,54-/m0/s1. The third kappa shape index (κ3) is 30.4. The average Bonchev–Trinajstić information content (AvgIpc) is 1.67. The van der Waals surface area contributed by atoms with Gasteiger partial charge in [0, 0.05) is 25.9 Å². The molecule has 0 saturated carbocycles. The minimum absolute atomic E-state index is 0.00248. The van der Waals surface area contributed by atoms with E-state index in [1.807, 2.05) is 0 Å². The van der Waals surface area contributed by atoms with Crippen LogP contribution in [0.3, 0.4) is 0 Å². The third-order valence-electron chi connectivity index (χ3n) is 17.9. The van der Waals surface area contributed by atoms with Crippen molar-refractivity contribution in [2.75, 3.05) is 32.8 Å². The van der Waals surface area contributed by atoms with Gasteiger partial charge >= 0.3 is 17.9 Å². The summed E-state index contributed by atoms with van der Waals surface area (Å²) in [4.78, 5) is 231. The van der Waals surface area contributed by atoms with E-state index in [1.54, 1.807) is 58.0 Å². The molecule has 2 aliphatic heterocycles. The number of nitrogens with two attached hydrogens (primary N) is 3. The lowest BCUT2D eigenvalue weighted by Crippen LogP contribution is -2.60. The maximum Gasteiger partial charge on any atom is 0.326 e. The van der Waals surface area contributed by atoms with Gasteiger partial charge in [-0.15, -0.1) is 0 Å². The van der Waals surface area contributed by atoms with Gasteiger partial charge in [-0.05, 0) is 142 Å². The van der Waals surface area contributed by atoms with Crippen LogP contribution in [0.1, 0.15) is 158 Å². The molecular weight excluding hydrogens is 1400 g/mol. The van der Waals surface area contributed by atoms with Crippen LogP contribution in [0.25, 0.3) is 0 Å². The second-order valence-corrected chi connectivity index (χ2v) is 27.7. The SMILES string of the molecule is CC(C)C[C@H](NC(=O)[C@@H](N)CO)C(=O)N[C@@H](C)C(=O)N[C@@H](CCCCN)C(=O)N[C@@H](Cc1ccccc1)C(=O)N[C@@H](CC(=O)O)C(=O)N[C@@H](C)C(=O)N1CCC[C@H]1C(=O)N1CCC[C@H]1C(=O)N[C@@H](CCC(=O)O)C(=O)N[C@@H](C)C(=O)N[C@H](C(=O)N[C@@H](C)C(=O)N[C@@H](C)C(=O)N[C@@H](CCCCN)C(=O)O)C(C)C. The molecule has 0 bridgehead atoms. The fourth-order valence-electron chi connectivity index (χ4n) is 11.7. The summed E-state index contributed by atoms with van der Waals surface area (Å²) in [6.45, 7) is 13.0. The van der Waals surface area contributed by atoms with Crippen LogP contribution in [0.2, 0.25) is 0 Å². The first-order valence-electron chi connectivity index (χ1n) is 36.1. The molecule has 598 valence electrons. The Morgan fingerprint density at radius 3 is 1.40 bits per heavy atom. The van der Waals surface area contributed by atoms with E-state index in [4.69, 9.17) is 17.2 Å². The van der Waals surface area contributed by atoms with Gasteiger partial charge in [-0.2, -0.15) is 0 Å². The van der Waals surface area contributed by atoms with Crippen LogP contribution in [0.4, 0.5) is 0 Å². The van der Waals surface area contributed by atoms with Crippen molar-refractivity contribution in [3.8, 4) is 0 Å². The summed E-state index contributed by atoms with van der Waals surface area (Å²) < 4.78 is 0. The molecule has 0 aliphatic carbocycles. The number of benzene rings is 1. The van der Waals surface area contributed by atoms with Crippen LogP contribution in [0.15, 0.2) is 30.3 Å². The zero-order chi connectivity index (χ0) is 80.5. The molecule has 0 spiro atoms. The molecule has 22 N–H and O–H groups in total. The van der Waals surface area contributed by atoms with Gasteiger partial charge in [-0.25, -0.2) is 4.79 Å². The van der Waals surface area contributed by atoms with Crippen molar-refractivity contribution in [2.24, 2.45) is 29.0 Å². The third-order valence-corrected chi connectivity index (χ3v) is 17.9. The molecule has 15 atom stereocenters. The zero-order valence-electron chi connectivity index (χ0n) is 62.2. The number of aliphatic hydroxyl groups is 1. The number of hydrogen-bond donors (Lipinski definition) is 19. The van der Waals surface area contributed by atoms with Gasteiger partial charge in [0.1, 0.15) is 90.6 Å². The van der Waals surface area contributed by atoms with Crippen molar-refractivity contribution in [2.45, 2.75) is 249 Å². The summed E-state index contributed by atoms with van der Waals surface area (Å²) in [5.74, 6) is -17.3. The van der Waals surface area contributed by atoms with Gasteiger partial charge in [0.05, 0.1) is 13.0 Å². The second-order valence-electron chi connectivity index (χ2n) is 27.7. The average molecular weight is 1510 g/mol. The van der Waals surface area contributed by atoms with E-state index in [1.165, 1.54) is 44.4 Å². The van der Waals surface area contributed by atoms with Crippen molar-refractivity contribution >= 4 is 101 Å². The number of unbranched alkanes of at least 4 members (excludes halogenated alkanes) is 2. The lowest BCUT2D eigenvalue weighted by atomic mass is 10.0. The Morgan fingerprint density at radius 1 is 0.449 bits per heavy atom. The van der Waals surface area contributed by atoms with Crippen molar-refractivity contribution in [3.05, 3.63) is 35.9 Å². The van der Waals surface area contributed by atoms with E-state index in [2.05, 4.69) is 63.8 Å². The number of aliphatic carboxylic acids is 3. The Balaban J connectivity index is 1.75. The van der Waals surface area contributed by atoms with E-state index in [-0.39, 0.29) is 76.9 Å². The smallest absolute Gasteiger partial charge is 0.326 e. The maximum atomic E-state index is 14.5. The van der Waals surface area contributed by atoms with Crippen LogP contribution >= 0.6 is 0 Å². The number of carbonyl (C=O) groups excluding carboxylic acids is 14. The molecule has 38 heteroatoms. The Morgan fingerprint density at radius 2 is 0.879 bits per heavy atom. The fraction of sp³-hybridized carbons (Fsp3) is 0.667. The first-order chi connectivity index (χ1) is 50.3. The highest BCUT2D eigenvalue weighted by atomic mass is 16.4. The lowest BCUT2D eigenvalue weighted by Gasteiger charge is -2.33. The van der Waals surface area contributed by atoms with Crippen molar-refractivity contribution in [1.82, 2.24) is 73.6 Å². The minimum Gasteiger partial charge on any atom is -0.481 e. The summed E-state index contributed by atoms with van der Waals surface area (Å²) in [5, 5.41) is 68.2. The van der Waals surface area contributed by atoms with Crippen molar-refractivity contribution in [1.29, 1.82) is 0 Å². The monoisotopic (exact) mass is 1510 g/mol. The van der Waals surface area contributed by atoms with Crippen LogP contribution in [0.5, 0.6) is 0 Å². The minimum atomic E-state index is -1.89. The topological polar surface area (TPSA) is 600 Å². The molecule has 14 amide bonds. The van der Waals surface area contributed by atoms with Gasteiger partial charge in [-0.3, -0.25) is 76.7 Å². The Kier molecular flexibility index (Phi) is 38.8. The van der Waals surface area contributed by atoms with Crippen LogP contribution in [0, 0.1) is 11.8 Å². The molecule has 0 unspecified atom stereocenters. The van der Waals surface area contributed by atoms with Gasteiger partial charge in [0.15, 0.2) is 0 Å². The van der Waals surface area contributed by atoms with E-state index >= 15 is 0 Å². The van der Waals surface area contributed by atoms with Gasteiger partial charge in [0.25, 0.3) is 0 Å². The molecule has 0 aromatic heterocycles. The van der Waals surface area contributed by atoms with Crippen molar-refractivity contribution < 1.29 is 102 Å². The van der Waals surface area contributed by atoms with E-state index in [0.717, 1.165) is 0 Å². The van der Waals surface area contributed by atoms with Gasteiger partial charge < -0.3 is 111 Å². The Bertz CT molecular complexity index is 3270. The number of carboxylic acid groups (broad SMARTS) is 3. The predicted molar refractivity (Wildman–Crippen MR) is 383 cm³/mol. The van der Waals surface area contributed by atoms with E-state index in [0.29, 0.717) is 37.8 Å². The molecule has 2 heterocycles. The highest BCUT2D eigenvalue weighted by Crippen LogP contribution is 2.26. The predicted octanol–water partition coefficient (Wildman–Crippen LogP) is -5.17. The first-order valence-corrected chi connectivity index (χ1v) is 36.1. The second kappa shape index (κ2) is 45.5. The quantitative estimate of drug-likeness (QED) is 0.0271. The molecule has 2 fully saturated rings. The summed E-state index contributed by atoms with van der Waals surface area (Å²) in [6, 6.07) is -12.5. The number of nitrogens with zero attached hydrogens (tertiary/aromatic N) is 2. The summed E-state index contributed by atoms with van der Waals surface area (Å²) >= 11 is 0. The summed E-state index contributed by atoms with van der Waals surface area (Å²) in [5.41, 5.74) is 17.4. The number of carbonyl (C=O) groups is 17. The summed E-state index contributed by atoms with van der Waals surface area (Å²) in [6.07, 6.45) is 0.0931. The summed E-state index contributed by atoms with van der Waals surface area (Å²) in [7, 11) is 0. The molecule has 0 radical (unpaired) electrons. The number of carboxylic acids is 3. The Labute approximate surface area is 620 Å². The fourth-order valence-corrected chi connectivity index (χ4v) is 11.7. The van der Waals surface area contributed by atoms with E-state index < -0.39 is 223 Å². The van der Waals surface area contributed by atoms with Crippen molar-refractivity contribution in [3.63, 3.8) is 0 Å². The lowest BCUT2D eigenvalue weighted by molar-refractivity contribution is -0.148. The molecule has 107 heavy (non-hydrogen) atoms. The van der Waals surface area contributed by atoms with Gasteiger partial charge in [0.2, 0.25) is 82.7 Å². The molecule has 38 nitrogen and oxygen atoms in total. The van der Waals surface area contributed by atoms with Crippen LogP contribution < -0.4 is 81.0 Å². The number of hydrogen-bond acceptors (Lipinski definition) is 21.